The van der Waals surface area contributed by atoms with E-state index in [1.165, 1.54) is 0 Å². The predicted molar refractivity (Wildman–Crippen MR) is 106 cm³/mol. The van der Waals surface area contributed by atoms with Crippen molar-refractivity contribution in [3.8, 4) is 23.0 Å². The first-order valence-electron chi connectivity index (χ1n) is 8.70. The average molecular weight is 332 g/mol. The van der Waals surface area contributed by atoms with Crippen LogP contribution in [0.25, 0.3) is 21.9 Å². The third-order valence-corrected chi connectivity index (χ3v) is 5.06. The molecule has 0 aliphatic heterocycles. The molecule has 1 aliphatic rings. The molecule has 26 heavy (non-hydrogen) atoms. The molecule has 1 unspecified atom stereocenters. The Bertz CT molecular complexity index is 1190. The molecule has 0 amide bonds. The highest BCUT2D eigenvalue weighted by Gasteiger charge is 2.37. The van der Waals surface area contributed by atoms with Gasteiger partial charge in [-0.25, -0.2) is 0 Å². The molecule has 0 aromatic heterocycles. The number of hydrogen-bond donors (Lipinski definition) is 1. The van der Waals surface area contributed by atoms with Gasteiger partial charge in [0, 0.05) is 16.7 Å². The average Bonchev–Trinajstić information content (AvgIpc) is 2.71. The second-order valence-electron chi connectivity index (χ2n) is 6.58. The molecule has 1 atom stereocenters. The SMILES string of the molecule is OC1(C#Cc2ccccc2)c2ccccc2-c2cccc3cccc1c23. The van der Waals surface area contributed by atoms with Crippen LogP contribution in [-0.2, 0) is 5.60 Å². The Kier molecular flexibility index (Phi) is 3.22. The molecule has 122 valence electrons. The minimum absolute atomic E-state index is 0.842. The fraction of sp³-hybridized carbons (Fsp3) is 0.0400. The molecular weight excluding hydrogens is 316 g/mol. The van der Waals surface area contributed by atoms with Crippen LogP contribution in [0.2, 0.25) is 0 Å². The van der Waals surface area contributed by atoms with Crippen LogP contribution in [0.15, 0.2) is 91.0 Å². The lowest BCUT2D eigenvalue weighted by atomic mass is 9.74. The highest BCUT2D eigenvalue weighted by Crippen LogP contribution is 2.47. The molecule has 0 fully saturated rings. The minimum Gasteiger partial charge on any atom is -0.369 e. The summed E-state index contributed by atoms with van der Waals surface area (Å²) < 4.78 is 0. The molecule has 1 N–H and O–H groups in total. The number of benzene rings is 4. The molecule has 1 heteroatoms. The van der Waals surface area contributed by atoms with Crippen molar-refractivity contribution in [3.63, 3.8) is 0 Å². The zero-order valence-electron chi connectivity index (χ0n) is 14.1. The minimum atomic E-state index is -1.33. The third kappa shape index (κ3) is 2.10. The monoisotopic (exact) mass is 332 g/mol. The second-order valence-corrected chi connectivity index (χ2v) is 6.58. The van der Waals surface area contributed by atoms with Crippen LogP contribution in [0.5, 0.6) is 0 Å². The Morgan fingerprint density at radius 1 is 0.615 bits per heavy atom. The summed E-state index contributed by atoms with van der Waals surface area (Å²) in [5.74, 6) is 6.35. The molecule has 0 saturated carbocycles. The van der Waals surface area contributed by atoms with Gasteiger partial charge in [-0.15, -0.1) is 0 Å². The maximum Gasteiger partial charge on any atom is 0.178 e. The lowest BCUT2D eigenvalue weighted by molar-refractivity contribution is 0.146. The summed E-state index contributed by atoms with van der Waals surface area (Å²) >= 11 is 0. The van der Waals surface area contributed by atoms with Crippen LogP contribution >= 0.6 is 0 Å². The first-order chi connectivity index (χ1) is 12.8. The van der Waals surface area contributed by atoms with E-state index in [1.807, 2.05) is 60.7 Å². The second kappa shape index (κ2) is 5.59. The van der Waals surface area contributed by atoms with Gasteiger partial charge >= 0.3 is 0 Å². The maximum atomic E-state index is 11.8. The zero-order valence-corrected chi connectivity index (χ0v) is 14.1. The van der Waals surface area contributed by atoms with Crippen LogP contribution in [0.4, 0.5) is 0 Å². The zero-order chi connectivity index (χ0) is 17.6. The Labute approximate surface area is 152 Å². The molecule has 0 radical (unpaired) electrons. The Morgan fingerprint density at radius 3 is 2.12 bits per heavy atom. The number of rotatable bonds is 0. The van der Waals surface area contributed by atoms with Gasteiger partial charge in [-0.1, -0.05) is 90.7 Å². The highest BCUT2D eigenvalue weighted by molar-refractivity contribution is 6.03. The van der Waals surface area contributed by atoms with Gasteiger partial charge in [0.1, 0.15) is 0 Å². The summed E-state index contributed by atoms with van der Waals surface area (Å²) in [5.41, 5.74) is 3.45. The summed E-state index contributed by atoms with van der Waals surface area (Å²) in [4.78, 5) is 0. The summed E-state index contributed by atoms with van der Waals surface area (Å²) in [6.07, 6.45) is 0. The first-order valence-corrected chi connectivity index (χ1v) is 8.70. The summed E-state index contributed by atoms with van der Waals surface area (Å²) in [5, 5.41) is 14.0. The van der Waals surface area contributed by atoms with Crippen molar-refractivity contribution in [2.45, 2.75) is 5.60 Å². The predicted octanol–water partition coefficient (Wildman–Crippen LogP) is 5.11. The molecule has 0 heterocycles. The smallest absolute Gasteiger partial charge is 0.178 e. The molecule has 5 rings (SSSR count). The van der Waals surface area contributed by atoms with E-state index < -0.39 is 5.60 Å². The van der Waals surface area contributed by atoms with Crippen molar-refractivity contribution in [2.75, 3.05) is 0 Å². The highest BCUT2D eigenvalue weighted by atomic mass is 16.3. The van der Waals surface area contributed by atoms with Gasteiger partial charge in [-0.05, 0) is 34.0 Å². The van der Waals surface area contributed by atoms with Gasteiger partial charge < -0.3 is 5.11 Å². The van der Waals surface area contributed by atoms with E-state index in [9.17, 15) is 5.11 Å². The summed E-state index contributed by atoms with van der Waals surface area (Å²) in [6, 6.07) is 30.1. The fourth-order valence-corrected chi connectivity index (χ4v) is 3.86. The Hall–Kier alpha value is -3.34. The fourth-order valence-electron chi connectivity index (χ4n) is 3.86. The van der Waals surface area contributed by atoms with Gasteiger partial charge in [0.05, 0.1) is 0 Å². The summed E-state index contributed by atoms with van der Waals surface area (Å²) in [6.45, 7) is 0. The van der Waals surface area contributed by atoms with Gasteiger partial charge in [0.25, 0.3) is 0 Å². The van der Waals surface area contributed by atoms with Crippen LogP contribution < -0.4 is 0 Å². The van der Waals surface area contributed by atoms with E-state index in [0.717, 1.165) is 38.6 Å². The van der Waals surface area contributed by atoms with Crippen molar-refractivity contribution in [2.24, 2.45) is 0 Å². The summed E-state index contributed by atoms with van der Waals surface area (Å²) in [7, 11) is 0. The topological polar surface area (TPSA) is 20.2 Å². The molecule has 0 spiro atoms. The number of hydrogen-bond acceptors (Lipinski definition) is 1. The quantitative estimate of drug-likeness (QED) is 0.444. The molecule has 1 nitrogen and oxygen atoms in total. The molecular formula is C25H16O. The van der Waals surface area contributed by atoms with Crippen LogP contribution in [0.1, 0.15) is 16.7 Å². The van der Waals surface area contributed by atoms with E-state index in [-0.39, 0.29) is 0 Å². The molecule has 1 aliphatic carbocycles. The van der Waals surface area contributed by atoms with Crippen molar-refractivity contribution in [3.05, 3.63) is 108 Å². The van der Waals surface area contributed by atoms with E-state index in [1.54, 1.807) is 0 Å². The van der Waals surface area contributed by atoms with Crippen molar-refractivity contribution < 1.29 is 5.11 Å². The number of aliphatic hydroxyl groups is 1. The third-order valence-electron chi connectivity index (χ3n) is 5.06. The van der Waals surface area contributed by atoms with Crippen molar-refractivity contribution >= 4 is 10.8 Å². The van der Waals surface area contributed by atoms with Gasteiger partial charge in [0.15, 0.2) is 5.60 Å². The Balaban J connectivity index is 1.86. The van der Waals surface area contributed by atoms with Crippen LogP contribution in [0.3, 0.4) is 0 Å². The van der Waals surface area contributed by atoms with E-state index in [2.05, 4.69) is 42.2 Å². The molecule has 4 aromatic carbocycles. The van der Waals surface area contributed by atoms with Crippen molar-refractivity contribution in [1.29, 1.82) is 0 Å². The molecule has 0 saturated heterocycles. The van der Waals surface area contributed by atoms with Crippen LogP contribution in [0, 0.1) is 11.8 Å². The molecule has 0 bridgehead atoms. The molecule has 4 aromatic rings. The first kappa shape index (κ1) is 15.0. The largest absolute Gasteiger partial charge is 0.369 e. The lowest BCUT2D eigenvalue weighted by Gasteiger charge is -2.32. The van der Waals surface area contributed by atoms with E-state index >= 15 is 0 Å². The van der Waals surface area contributed by atoms with Crippen LogP contribution in [-0.4, -0.2) is 5.11 Å². The lowest BCUT2D eigenvalue weighted by Crippen LogP contribution is -2.29. The van der Waals surface area contributed by atoms with Crippen molar-refractivity contribution in [1.82, 2.24) is 0 Å². The van der Waals surface area contributed by atoms with E-state index in [0.29, 0.717) is 0 Å². The van der Waals surface area contributed by atoms with Gasteiger partial charge in [-0.2, -0.15) is 0 Å². The number of fused-ring (bicyclic) bond motifs is 2. The Morgan fingerprint density at radius 2 is 1.27 bits per heavy atom. The maximum absolute atomic E-state index is 11.8. The normalized spacial score (nSPS) is 17.3. The standard InChI is InChI=1S/C25H16O/c26-25(17-16-18-8-2-1-3-9-18)22-14-5-4-12-20(22)21-13-6-10-19-11-7-15-23(25)24(19)21/h1-15,26H. The van der Waals surface area contributed by atoms with Gasteiger partial charge in [0.2, 0.25) is 0 Å². The van der Waals surface area contributed by atoms with Gasteiger partial charge in [-0.3, -0.25) is 0 Å². The van der Waals surface area contributed by atoms with E-state index in [4.69, 9.17) is 0 Å².